The number of carboxylic acids is 1. The zero-order valence-corrected chi connectivity index (χ0v) is 71.1. The van der Waals surface area contributed by atoms with Gasteiger partial charge in [0.25, 0.3) is 23.3 Å². The molecule has 3 amide bonds. The molecule has 12 aromatic rings. The van der Waals surface area contributed by atoms with Gasteiger partial charge in [0.1, 0.15) is 70.1 Å². The summed E-state index contributed by atoms with van der Waals surface area (Å²) in [6, 6.07) is 53.5. The van der Waals surface area contributed by atoms with Crippen LogP contribution in [0.2, 0.25) is 0 Å². The number of thiazole rings is 3. The third-order valence-electron chi connectivity index (χ3n) is 22.0. The Morgan fingerprint density at radius 1 is 0.380 bits per heavy atom. The van der Waals surface area contributed by atoms with E-state index in [1.807, 2.05) is 148 Å². The summed E-state index contributed by atoms with van der Waals surface area (Å²) in [7, 11) is 4.77. The Morgan fingerprint density at radius 2 is 0.628 bits per heavy atom. The van der Waals surface area contributed by atoms with E-state index < -0.39 is 59.2 Å². The summed E-state index contributed by atoms with van der Waals surface area (Å²) in [5, 5.41) is 43.2. The van der Waals surface area contributed by atoms with Gasteiger partial charge in [0, 0.05) is 42.9 Å². The highest BCUT2D eigenvalue weighted by atomic mass is 32.1. The van der Waals surface area contributed by atoms with Crippen LogP contribution in [-0.4, -0.2) is 116 Å². The van der Waals surface area contributed by atoms with Gasteiger partial charge in [-0.1, -0.05) is 148 Å². The zero-order chi connectivity index (χ0) is 85.8. The number of fused-ring (bicyclic) bond motifs is 6. The lowest BCUT2D eigenvalue weighted by Gasteiger charge is -2.23. The molecule has 0 aliphatic carbocycles. The number of Topliss-reactive ketones (excluding diaryl/α,β-unsaturated/α-hetero) is 3. The first-order valence-corrected chi connectivity index (χ1v) is 42.1. The second-order valence-corrected chi connectivity index (χ2v) is 34.4. The van der Waals surface area contributed by atoms with Crippen molar-refractivity contribution in [2.24, 2.45) is 0 Å². The van der Waals surface area contributed by atoms with Crippen LogP contribution in [0.5, 0.6) is 34.5 Å². The lowest BCUT2D eigenvalue weighted by atomic mass is 9.93. The minimum Gasteiger partial charge on any atom is -0.507 e. The molecule has 3 aromatic heterocycles. The molecular formula is C95H88N6O17S3. The number of benzene rings is 9. The number of methoxy groups -OCH3 is 3. The van der Waals surface area contributed by atoms with Crippen LogP contribution in [-0.2, 0) is 52.8 Å². The van der Waals surface area contributed by atoms with Crippen LogP contribution in [0.15, 0.2) is 199 Å². The fraction of sp³-hybridized carbons (Fsp3) is 0.263. The molecule has 6 aliphatic heterocycles. The van der Waals surface area contributed by atoms with Crippen LogP contribution in [0, 0.1) is 0 Å². The lowest BCUT2D eigenvalue weighted by molar-refractivity contribution is -0.134. The number of rotatable bonds is 15. The normalized spacial score (nSPS) is 19.6. The number of hydrogen-bond acceptors (Lipinski definition) is 22. The van der Waals surface area contributed by atoms with E-state index in [2.05, 4.69) is 41.5 Å². The van der Waals surface area contributed by atoms with Crippen molar-refractivity contribution in [1.29, 1.82) is 0 Å². The Morgan fingerprint density at radius 3 is 0.860 bits per heavy atom. The number of carboxylic acid groups (broad SMARTS) is 1. The molecule has 121 heavy (non-hydrogen) atoms. The molecule has 0 bridgehead atoms. The summed E-state index contributed by atoms with van der Waals surface area (Å²) in [6.07, 6.45) is 2.25. The maximum absolute atomic E-state index is 13.6. The predicted molar refractivity (Wildman–Crippen MR) is 468 cm³/mol. The number of amides is 3. The molecule has 9 heterocycles. The molecule has 3 fully saturated rings. The first-order valence-electron chi connectivity index (χ1n) is 39.6. The zero-order valence-electron chi connectivity index (χ0n) is 68.6. The Hall–Kier alpha value is -13.0. The average molecular weight is 1680 g/mol. The summed E-state index contributed by atoms with van der Waals surface area (Å²) >= 11 is 3.91. The second kappa shape index (κ2) is 34.0. The van der Waals surface area contributed by atoms with E-state index in [1.165, 1.54) is 48.7 Å². The maximum Gasteiger partial charge on any atom is 0.301 e. The molecule has 9 aromatic carbocycles. The Kier molecular flexibility index (Phi) is 23.3. The fourth-order valence-electron chi connectivity index (χ4n) is 15.8. The smallest absolute Gasteiger partial charge is 0.301 e. The van der Waals surface area contributed by atoms with Crippen molar-refractivity contribution in [1.82, 2.24) is 15.0 Å². The summed E-state index contributed by atoms with van der Waals surface area (Å²) in [4.78, 5) is 109. The molecule has 0 saturated carbocycles. The molecular weight excluding hydrogens is 1590 g/mol. The van der Waals surface area contributed by atoms with E-state index in [9.17, 15) is 44.1 Å². The highest BCUT2D eigenvalue weighted by Crippen LogP contribution is 2.50. The van der Waals surface area contributed by atoms with E-state index in [0.29, 0.717) is 103 Å². The van der Waals surface area contributed by atoms with Gasteiger partial charge in [-0.15, -0.1) is 0 Å². The van der Waals surface area contributed by atoms with Gasteiger partial charge in [-0.2, -0.15) is 0 Å². The van der Waals surface area contributed by atoms with Gasteiger partial charge in [0.2, 0.25) is 0 Å². The molecule has 3 saturated heterocycles. The SMILES string of the molecule is CC(=O)O.COc1ccc2nc(N3C(=O)C(=O)/C(=C(/O)c4ccc5c(c4)CC(C)O5)C3c3ccc(C(C)C)cc3)sc2c1.COc1ccc2nc(N3C(=O)C(=O)/C(=C(/O)c4ccc5c(c4)CC(C)O5)C3c3ccc(C(C)C)cc3)sc2c1.COc1ccc2nc(N3C(=O)C(=O)/C(=C(/O)c4ccc5c(c4)CC(C)O5)C3c3ccc(C(C)C)cc3)sc2c1. The number of anilines is 3. The molecule has 4 N–H and O–H groups in total. The largest absolute Gasteiger partial charge is 0.507 e. The Bertz CT molecular complexity index is 5670. The number of aromatic nitrogens is 3. The number of carbonyl (C=O) groups excluding carboxylic acids is 6. The van der Waals surface area contributed by atoms with Gasteiger partial charge in [0.15, 0.2) is 15.4 Å². The molecule has 6 unspecified atom stereocenters. The van der Waals surface area contributed by atoms with Gasteiger partial charge in [-0.3, -0.25) is 48.3 Å². The van der Waals surface area contributed by atoms with Gasteiger partial charge < -0.3 is 48.8 Å². The first kappa shape index (κ1) is 83.0. The van der Waals surface area contributed by atoms with E-state index in [0.717, 1.165) is 88.3 Å². The minimum atomic E-state index is -0.836. The summed E-state index contributed by atoms with van der Waals surface area (Å²) in [5.41, 5.74) is 12.1. The highest BCUT2D eigenvalue weighted by molar-refractivity contribution is 7.23. The minimum absolute atomic E-state index is 0.0418. The van der Waals surface area contributed by atoms with Crippen molar-refractivity contribution in [3.63, 3.8) is 0 Å². The number of hydrogen-bond donors (Lipinski definition) is 4. The monoisotopic (exact) mass is 1680 g/mol. The molecule has 0 radical (unpaired) electrons. The summed E-state index contributed by atoms with van der Waals surface area (Å²) < 4.78 is 35.9. The quantitative estimate of drug-likeness (QED) is 0.0421. The van der Waals surface area contributed by atoms with Gasteiger partial charge in [-0.25, -0.2) is 15.0 Å². The second-order valence-electron chi connectivity index (χ2n) is 31.3. The third kappa shape index (κ3) is 16.3. The maximum atomic E-state index is 13.6. The van der Waals surface area contributed by atoms with E-state index in [1.54, 1.807) is 75.9 Å². The number of aliphatic carboxylic acids is 1. The van der Waals surface area contributed by atoms with Gasteiger partial charge in [0.05, 0.1) is 86.8 Å². The third-order valence-corrected chi connectivity index (χ3v) is 25.0. The summed E-state index contributed by atoms with van der Waals surface area (Å²) in [6.45, 7) is 19.7. The van der Waals surface area contributed by atoms with Crippen molar-refractivity contribution in [3.8, 4) is 34.5 Å². The number of nitrogens with zero attached hydrogens (tertiary/aromatic N) is 6. The van der Waals surface area contributed by atoms with Gasteiger partial charge >= 0.3 is 17.7 Å². The molecule has 6 aliphatic rings. The van der Waals surface area contributed by atoms with Crippen LogP contribution >= 0.6 is 34.0 Å². The molecule has 18 rings (SSSR count). The van der Waals surface area contributed by atoms with Crippen molar-refractivity contribution >= 4 is 138 Å². The van der Waals surface area contributed by atoms with Crippen LogP contribution in [0.4, 0.5) is 15.4 Å². The topological polar surface area (TPSA) is 304 Å². The van der Waals surface area contributed by atoms with E-state index in [4.69, 9.17) is 53.3 Å². The standard InChI is InChI=1S/3C31H28N2O5S.C2H4O2/c3*1-16(2)18-5-7-19(8-6-18)27-26(28(34)20-9-12-24-21(14-20)13-17(3)38-24)29(35)30(36)33(27)31-32-23-11-10-22(37-4)15-25(23)39-31;1-2(3)4/h3*5-12,14-17,27,34H,13H2,1-4H3;1H3,(H,3,4)/b3*28-26+;. The van der Waals surface area contributed by atoms with Crippen LogP contribution in [0.3, 0.4) is 0 Å². The Labute approximate surface area is 710 Å². The summed E-state index contributed by atoms with van der Waals surface area (Å²) in [5.74, 6) is -0.566. The van der Waals surface area contributed by atoms with Crippen LogP contribution < -0.4 is 43.1 Å². The van der Waals surface area contributed by atoms with Crippen molar-refractivity contribution in [2.75, 3.05) is 36.0 Å². The van der Waals surface area contributed by atoms with Crippen LogP contribution in [0.1, 0.15) is 172 Å². The number of ether oxygens (including phenoxy) is 6. The van der Waals surface area contributed by atoms with Gasteiger partial charge in [-0.05, 0) is 198 Å². The number of aliphatic hydroxyl groups excluding tert-OH is 3. The van der Waals surface area contributed by atoms with Crippen molar-refractivity contribution < 1.29 is 82.4 Å². The first-order chi connectivity index (χ1) is 58.0. The molecule has 6 atom stereocenters. The van der Waals surface area contributed by atoms with Crippen molar-refractivity contribution in [2.45, 2.75) is 143 Å². The van der Waals surface area contributed by atoms with Crippen LogP contribution in [0.25, 0.3) is 47.9 Å². The van der Waals surface area contributed by atoms with E-state index >= 15 is 0 Å². The predicted octanol–water partition coefficient (Wildman–Crippen LogP) is 19.2. The lowest BCUT2D eigenvalue weighted by Crippen LogP contribution is -2.29. The fourth-order valence-corrected chi connectivity index (χ4v) is 18.8. The van der Waals surface area contributed by atoms with Crippen molar-refractivity contribution in [3.05, 3.63) is 265 Å². The Balaban J connectivity index is 0.000000138. The number of aliphatic hydroxyl groups is 3. The molecule has 618 valence electrons. The molecule has 26 heteroatoms. The van der Waals surface area contributed by atoms with E-state index in [-0.39, 0.29) is 52.3 Å². The number of ketones is 3. The highest BCUT2D eigenvalue weighted by Gasteiger charge is 2.52. The molecule has 23 nitrogen and oxygen atoms in total. The average Bonchev–Trinajstić information content (AvgIpc) is 1.60. The number of carbonyl (C=O) groups is 7. The molecule has 0 spiro atoms.